The number of carbonyl (C=O) groups is 1. The van der Waals surface area contributed by atoms with Gasteiger partial charge in [-0.1, -0.05) is 6.07 Å². The standard InChI is InChI=1S/C21H22N2O4S/c1-25-17-5-4-6-18(26-2)20(17)19(13-23-12-11-22-14-23)28-16-9-7-15(8-10-16)21(24)27-3/h4-12,14,19H,13H2,1-3H3. The monoisotopic (exact) mass is 398 g/mol. The molecule has 0 saturated heterocycles. The number of nitrogens with zero attached hydrogens (tertiary/aromatic N) is 2. The summed E-state index contributed by atoms with van der Waals surface area (Å²) >= 11 is 1.67. The number of benzene rings is 2. The smallest absolute Gasteiger partial charge is 0.337 e. The molecule has 6 nitrogen and oxygen atoms in total. The Morgan fingerprint density at radius 3 is 2.29 bits per heavy atom. The molecule has 0 bridgehead atoms. The normalized spacial score (nSPS) is 11.7. The fourth-order valence-electron chi connectivity index (χ4n) is 2.92. The average molecular weight is 398 g/mol. The molecule has 0 spiro atoms. The number of imidazole rings is 1. The number of aromatic nitrogens is 2. The molecule has 0 aliphatic carbocycles. The van der Waals surface area contributed by atoms with Gasteiger partial charge in [0.25, 0.3) is 0 Å². The summed E-state index contributed by atoms with van der Waals surface area (Å²) in [6.07, 6.45) is 5.47. The van der Waals surface area contributed by atoms with Gasteiger partial charge in [-0.3, -0.25) is 0 Å². The van der Waals surface area contributed by atoms with Gasteiger partial charge in [-0.25, -0.2) is 9.78 Å². The zero-order valence-electron chi connectivity index (χ0n) is 16.0. The van der Waals surface area contributed by atoms with Crippen molar-refractivity contribution in [3.63, 3.8) is 0 Å². The highest BCUT2D eigenvalue weighted by Gasteiger charge is 2.23. The fraction of sp³-hybridized carbons (Fsp3) is 0.238. The second-order valence-electron chi connectivity index (χ2n) is 5.96. The van der Waals surface area contributed by atoms with Gasteiger partial charge < -0.3 is 18.8 Å². The highest BCUT2D eigenvalue weighted by atomic mass is 32.2. The van der Waals surface area contributed by atoms with Crippen LogP contribution in [0.1, 0.15) is 21.2 Å². The summed E-state index contributed by atoms with van der Waals surface area (Å²) in [5, 5.41) is 0.00396. The van der Waals surface area contributed by atoms with Crippen molar-refractivity contribution in [2.24, 2.45) is 0 Å². The maximum Gasteiger partial charge on any atom is 0.337 e. The van der Waals surface area contributed by atoms with Gasteiger partial charge in [0.2, 0.25) is 0 Å². The number of methoxy groups -OCH3 is 3. The molecule has 1 aromatic heterocycles. The van der Waals surface area contributed by atoms with E-state index in [4.69, 9.17) is 14.2 Å². The van der Waals surface area contributed by atoms with E-state index in [1.807, 2.05) is 41.1 Å². The van der Waals surface area contributed by atoms with Crippen LogP contribution in [0, 0.1) is 0 Å². The lowest BCUT2D eigenvalue weighted by Crippen LogP contribution is -2.08. The Hall–Kier alpha value is -2.93. The van der Waals surface area contributed by atoms with Gasteiger partial charge in [0.1, 0.15) is 11.5 Å². The Kier molecular flexibility index (Phi) is 6.60. The van der Waals surface area contributed by atoms with Gasteiger partial charge in [-0.05, 0) is 36.4 Å². The van der Waals surface area contributed by atoms with Crippen molar-refractivity contribution in [2.75, 3.05) is 21.3 Å². The molecule has 0 saturated carbocycles. The van der Waals surface area contributed by atoms with Gasteiger partial charge in [-0.2, -0.15) is 0 Å². The Bertz CT molecular complexity index is 888. The second kappa shape index (κ2) is 9.32. The van der Waals surface area contributed by atoms with Crippen LogP contribution in [0.5, 0.6) is 11.5 Å². The SMILES string of the molecule is COC(=O)c1ccc(SC(Cn2ccnc2)c2c(OC)cccc2OC)cc1. The first kappa shape index (κ1) is 19.8. The van der Waals surface area contributed by atoms with E-state index in [1.54, 1.807) is 50.6 Å². The molecule has 3 aromatic rings. The molecule has 3 rings (SSSR count). The largest absolute Gasteiger partial charge is 0.496 e. The van der Waals surface area contributed by atoms with Crippen molar-refractivity contribution < 1.29 is 19.0 Å². The molecule has 0 radical (unpaired) electrons. The summed E-state index contributed by atoms with van der Waals surface area (Å²) in [6, 6.07) is 13.1. The van der Waals surface area contributed by atoms with Gasteiger partial charge in [-0.15, -0.1) is 11.8 Å². The third-order valence-electron chi connectivity index (χ3n) is 4.28. The number of esters is 1. The second-order valence-corrected chi connectivity index (χ2v) is 7.23. The summed E-state index contributed by atoms with van der Waals surface area (Å²) in [7, 11) is 4.69. The van der Waals surface area contributed by atoms with Crippen LogP contribution >= 0.6 is 11.8 Å². The zero-order valence-corrected chi connectivity index (χ0v) is 16.8. The quantitative estimate of drug-likeness (QED) is 0.418. The molecular formula is C21H22N2O4S. The van der Waals surface area contributed by atoms with E-state index in [1.165, 1.54) is 7.11 Å². The first-order valence-electron chi connectivity index (χ1n) is 8.68. The van der Waals surface area contributed by atoms with Crippen LogP contribution in [-0.4, -0.2) is 36.8 Å². The number of ether oxygens (including phenoxy) is 3. The first-order chi connectivity index (χ1) is 13.7. The zero-order chi connectivity index (χ0) is 19.9. The lowest BCUT2D eigenvalue weighted by atomic mass is 10.1. The molecule has 0 N–H and O–H groups in total. The van der Waals surface area contributed by atoms with E-state index in [0.29, 0.717) is 12.1 Å². The molecule has 1 heterocycles. The van der Waals surface area contributed by atoms with Crippen LogP contribution < -0.4 is 9.47 Å². The van der Waals surface area contributed by atoms with Crippen molar-refractivity contribution in [3.05, 3.63) is 72.3 Å². The van der Waals surface area contributed by atoms with Crippen LogP contribution in [0.3, 0.4) is 0 Å². The molecule has 0 aliphatic rings. The maximum absolute atomic E-state index is 11.7. The highest BCUT2D eigenvalue weighted by Crippen LogP contribution is 2.45. The predicted octanol–water partition coefficient (Wildman–Crippen LogP) is 4.22. The molecule has 1 unspecified atom stereocenters. The summed E-state index contributed by atoms with van der Waals surface area (Å²) in [4.78, 5) is 16.8. The lowest BCUT2D eigenvalue weighted by Gasteiger charge is -2.22. The Balaban J connectivity index is 1.95. The summed E-state index contributed by atoms with van der Waals surface area (Å²) < 4.78 is 18.0. The fourth-order valence-corrected chi connectivity index (χ4v) is 4.14. The average Bonchev–Trinajstić information content (AvgIpc) is 3.25. The minimum absolute atomic E-state index is 0.00396. The number of rotatable bonds is 8. The van der Waals surface area contributed by atoms with E-state index in [9.17, 15) is 4.79 Å². The van der Waals surface area contributed by atoms with Crippen LogP contribution in [0.4, 0.5) is 0 Å². The van der Waals surface area contributed by atoms with Crippen LogP contribution in [0.2, 0.25) is 0 Å². The Morgan fingerprint density at radius 1 is 1.07 bits per heavy atom. The van der Waals surface area contributed by atoms with Crippen molar-refractivity contribution >= 4 is 17.7 Å². The molecule has 0 fully saturated rings. The highest BCUT2D eigenvalue weighted by molar-refractivity contribution is 7.99. The molecule has 28 heavy (non-hydrogen) atoms. The van der Waals surface area contributed by atoms with Crippen LogP contribution in [0.15, 0.2) is 66.1 Å². The first-order valence-corrected chi connectivity index (χ1v) is 9.56. The minimum atomic E-state index is -0.349. The molecule has 7 heteroatoms. The number of hydrogen-bond acceptors (Lipinski definition) is 6. The van der Waals surface area contributed by atoms with E-state index in [2.05, 4.69) is 4.98 Å². The molecular weight excluding hydrogens is 376 g/mol. The minimum Gasteiger partial charge on any atom is -0.496 e. The molecule has 0 amide bonds. The summed E-state index contributed by atoms with van der Waals surface area (Å²) in [5.74, 6) is 1.18. The van der Waals surface area contributed by atoms with Gasteiger partial charge in [0.15, 0.2) is 0 Å². The Morgan fingerprint density at radius 2 is 1.75 bits per heavy atom. The topological polar surface area (TPSA) is 62.6 Å². The van der Waals surface area contributed by atoms with Gasteiger partial charge in [0.05, 0.1) is 44.0 Å². The molecule has 1 atom stereocenters. The number of carbonyl (C=O) groups excluding carboxylic acids is 1. The van der Waals surface area contributed by atoms with Crippen LogP contribution in [-0.2, 0) is 11.3 Å². The van der Waals surface area contributed by atoms with Crippen molar-refractivity contribution in [2.45, 2.75) is 16.7 Å². The van der Waals surface area contributed by atoms with E-state index in [-0.39, 0.29) is 11.2 Å². The predicted molar refractivity (Wildman–Crippen MR) is 108 cm³/mol. The Labute approximate surface area is 168 Å². The van der Waals surface area contributed by atoms with E-state index < -0.39 is 0 Å². The molecule has 0 aliphatic heterocycles. The summed E-state index contributed by atoms with van der Waals surface area (Å²) in [5.41, 5.74) is 1.50. The maximum atomic E-state index is 11.7. The molecule has 146 valence electrons. The third kappa shape index (κ3) is 4.48. The molecule has 2 aromatic carbocycles. The van der Waals surface area contributed by atoms with Gasteiger partial charge >= 0.3 is 5.97 Å². The van der Waals surface area contributed by atoms with Crippen LogP contribution in [0.25, 0.3) is 0 Å². The van der Waals surface area contributed by atoms with E-state index in [0.717, 1.165) is 22.0 Å². The van der Waals surface area contributed by atoms with Crippen molar-refractivity contribution in [3.8, 4) is 11.5 Å². The van der Waals surface area contributed by atoms with E-state index >= 15 is 0 Å². The number of hydrogen-bond donors (Lipinski definition) is 0. The third-order valence-corrected chi connectivity index (χ3v) is 5.49. The van der Waals surface area contributed by atoms with Gasteiger partial charge in [0, 0.05) is 23.8 Å². The number of thioether (sulfide) groups is 1. The van der Waals surface area contributed by atoms with Crippen molar-refractivity contribution in [1.29, 1.82) is 0 Å². The van der Waals surface area contributed by atoms with Crippen molar-refractivity contribution in [1.82, 2.24) is 9.55 Å². The lowest BCUT2D eigenvalue weighted by molar-refractivity contribution is 0.0600. The summed E-state index contributed by atoms with van der Waals surface area (Å²) in [6.45, 7) is 0.681.